The molecule has 0 aliphatic heterocycles. The summed E-state index contributed by atoms with van der Waals surface area (Å²) in [4.78, 5) is 1.38. The van der Waals surface area contributed by atoms with Crippen molar-refractivity contribution in [2.45, 2.75) is 57.5 Å². The lowest BCUT2D eigenvalue weighted by Crippen LogP contribution is -2.42. The van der Waals surface area contributed by atoms with Gasteiger partial charge in [-0.1, -0.05) is 32.3 Å². The minimum absolute atomic E-state index is 0.372. The maximum atomic E-state index is 5.44. The highest BCUT2D eigenvalue weighted by molar-refractivity contribution is 7.80. The van der Waals surface area contributed by atoms with Crippen LogP contribution in [0.5, 0.6) is 0 Å². The van der Waals surface area contributed by atoms with Crippen LogP contribution in [0.4, 0.5) is 0 Å². The number of nitrogens with one attached hydrogen (secondary N) is 2. The molecule has 0 saturated heterocycles. The quantitative estimate of drug-likeness (QED) is 0.798. The summed E-state index contributed by atoms with van der Waals surface area (Å²) in [5.41, 5.74) is 0. The third kappa shape index (κ3) is 3.95. The molecule has 1 aromatic heterocycles. The first-order valence-electron chi connectivity index (χ1n) is 6.90. The van der Waals surface area contributed by atoms with Gasteiger partial charge in [0.2, 0.25) is 0 Å². The van der Waals surface area contributed by atoms with E-state index in [1.54, 1.807) is 11.3 Å². The van der Waals surface area contributed by atoms with Crippen LogP contribution in [0.25, 0.3) is 0 Å². The first kappa shape index (κ1) is 13.8. The van der Waals surface area contributed by atoms with Crippen LogP contribution in [-0.4, -0.2) is 11.2 Å². The summed E-state index contributed by atoms with van der Waals surface area (Å²) in [7, 11) is 0. The predicted molar refractivity (Wildman–Crippen MR) is 83.1 cm³/mol. The molecule has 0 amide bonds. The highest BCUT2D eigenvalue weighted by Crippen LogP contribution is 2.23. The van der Waals surface area contributed by atoms with Crippen molar-refractivity contribution < 1.29 is 0 Å². The van der Waals surface area contributed by atoms with Crippen LogP contribution in [0.3, 0.4) is 0 Å². The van der Waals surface area contributed by atoms with Crippen LogP contribution in [0, 0.1) is 0 Å². The largest absolute Gasteiger partial charge is 0.360 e. The molecule has 1 aliphatic rings. The van der Waals surface area contributed by atoms with Crippen molar-refractivity contribution in [2.75, 3.05) is 0 Å². The molecule has 1 aliphatic carbocycles. The molecule has 0 bridgehead atoms. The van der Waals surface area contributed by atoms with Gasteiger partial charge in [-0.25, -0.2) is 0 Å². The van der Waals surface area contributed by atoms with Crippen LogP contribution < -0.4 is 10.6 Å². The second kappa shape index (κ2) is 7.10. The summed E-state index contributed by atoms with van der Waals surface area (Å²) in [6.07, 6.45) is 7.50. The summed E-state index contributed by atoms with van der Waals surface area (Å²) in [5.74, 6) is 0. The molecule has 18 heavy (non-hydrogen) atoms. The zero-order chi connectivity index (χ0) is 12.8. The van der Waals surface area contributed by atoms with E-state index in [-0.39, 0.29) is 0 Å². The average molecular weight is 282 g/mol. The lowest BCUT2D eigenvalue weighted by atomic mass is 10.1. The van der Waals surface area contributed by atoms with Crippen LogP contribution >= 0.6 is 23.6 Å². The standard InChI is InChI=1S/C14H22N2S2/c1-2-6-12(13-9-5-10-18-13)16-14(17)15-11-7-3-4-8-11/h5,9-12H,2-4,6-8H2,1H3,(H2,15,16,17). The molecule has 1 saturated carbocycles. The number of rotatable bonds is 5. The van der Waals surface area contributed by atoms with E-state index in [2.05, 4.69) is 35.1 Å². The van der Waals surface area contributed by atoms with Gasteiger partial charge in [0.15, 0.2) is 5.11 Å². The van der Waals surface area contributed by atoms with E-state index >= 15 is 0 Å². The number of hydrogen-bond acceptors (Lipinski definition) is 2. The Kier molecular flexibility index (Phi) is 5.45. The molecule has 100 valence electrons. The molecular weight excluding hydrogens is 260 g/mol. The Labute approximate surface area is 119 Å². The van der Waals surface area contributed by atoms with Crippen LogP contribution in [0.15, 0.2) is 17.5 Å². The number of hydrogen-bond donors (Lipinski definition) is 2. The van der Waals surface area contributed by atoms with Gasteiger partial charge in [-0.3, -0.25) is 0 Å². The van der Waals surface area contributed by atoms with Gasteiger partial charge in [0.05, 0.1) is 6.04 Å². The van der Waals surface area contributed by atoms with Crippen LogP contribution in [0.2, 0.25) is 0 Å². The molecule has 1 heterocycles. The van der Waals surface area contributed by atoms with Gasteiger partial charge in [0.25, 0.3) is 0 Å². The van der Waals surface area contributed by atoms with Crippen molar-refractivity contribution in [2.24, 2.45) is 0 Å². The maximum absolute atomic E-state index is 5.44. The fraction of sp³-hybridized carbons (Fsp3) is 0.643. The molecule has 1 fully saturated rings. The second-order valence-corrected chi connectivity index (χ2v) is 6.34. The van der Waals surface area contributed by atoms with Crippen molar-refractivity contribution in [3.63, 3.8) is 0 Å². The molecule has 0 aromatic carbocycles. The monoisotopic (exact) mass is 282 g/mol. The Bertz CT molecular complexity index is 356. The van der Waals surface area contributed by atoms with Gasteiger partial charge in [-0.15, -0.1) is 11.3 Å². The third-order valence-corrected chi connectivity index (χ3v) is 4.68. The summed E-state index contributed by atoms with van der Waals surface area (Å²) in [6.45, 7) is 2.22. The lowest BCUT2D eigenvalue weighted by molar-refractivity contribution is 0.562. The Morgan fingerprint density at radius 3 is 2.89 bits per heavy atom. The van der Waals surface area contributed by atoms with Crippen LogP contribution in [0.1, 0.15) is 56.4 Å². The molecule has 0 radical (unpaired) electrons. The average Bonchev–Trinajstić information content (AvgIpc) is 3.00. The predicted octanol–water partition coefficient (Wildman–Crippen LogP) is 4.00. The zero-order valence-electron chi connectivity index (χ0n) is 10.9. The molecular formula is C14H22N2S2. The Balaban J connectivity index is 1.86. The zero-order valence-corrected chi connectivity index (χ0v) is 12.6. The molecule has 1 unspecified atom stereocenters. The van der Waals surface area contributed by atoms with Crippen molar-refractivity contribution in [3.8, 4) is 0 Å². The Morgan fingerprint density at radius 2 is 2.28 bits per heavy atom. The maximum Gasteiger partial charge on any atom is 0.167 e. The normalized spacial score (nSPS) is 17.6. The fourth-order valence-corrected chi connectivity index (χ4v) is 3.64. The minimum Gasteiger partial charge on any atom is -0.360 e. The van der Waals surface area contributed by atoms with Gasteiger partial charge in [-0.2, -0.15) is 0 Å². The number of thiophene rings is 1. The number of thiocarbonyl (C=S) groups is 1. The molecule has 4 heteroatoms. The van der Waals surface area contributed by atoms with Gasteiger partial charge in [0.1, 0.15) is 0 Å². The first-order valence-corrected chi connectivity index (χ1v) is 8.19. The molecule has 2 rings (SSSR count). The molecule has 1 atom stereocenters. The first-order chi connectivity index (χ1) is 8.79. The van der Waals surface area contributed by atoms with Gasteiger partial charge >= 0.3 is 0 Å². The smallest absolute Gasteiger partial charge is 0.167 e. The van der Waals surface area contributed by atoms with Crippen molar-refractivity contribution in [3.05, 3.63) is 22.4 Å². The van der Waals surface area contributed by atoms with Gasteiger partial charge < -0.3 is 10.6 Å². The summed E-state index contributed by atoms with van der Waals surface area (Å²) in [5, 5.41) is 9.89. The highest BCUT2D eigenvalue weighted by Gasteiger charge is 2.18. The molecule has 0 spiro atoms. The summed E-state index contributed by atoms with van der Waals surface area (Å²) < 4.78 is 0. The Hall–Kier alpha value is -0.610. The molecule has 1 aromatic rings. The van der Waals surface area contributed by atoms with E-state index < -0.39 is 0 Å². The van der Waals surface area contributed by atoms with Crippen molar-refractivity contribution >= 4 is 28.7 Å². The topological polar surface area (TPSA) is 24.1 Å². The van der Waals surface area contributed by atoms with Crippen LogP contribution in [-0.2, 0) is 0 Å². The SMILES string of the molecule is CCCC(NC(=S)NC1CCCC1)c1cccs1. The lowest BCUT2D eigenvalue weighted by Gasteiger charge is -2.21. The van der Waals surface area contributed by atoms with Gasteiger partial charge in [0, 0.05) is 10.9 Å². The van der Waals surface area contributed by atoms with E-state index in [1.807, 2.05) is 0 Å². The van der Waals surface area contributed by atoms with Gasteiger partial charge in [-0.05, 0) is 42.9 Å². The van der Waals surface area contributed by atoms with Crippen molar-refractivity contribution in [1.82, 2.24) is 10.6 Å². The van der Waals surface area contributed by atoms with E-state index in [0.29, 0.717) is 12.1 Å². The highest BCUT2D eigenvalue weighted by atomic mass is 32.1. The minimum atomic E-state index is 0.372. The third-order valence-electron chi connectivity index (χ3n) is 3.46. The fourth-order valence-electron chi connectivity index (χ4n) is 2.52. The van der Waals surface area contributed by atoms with Crippen molar-refractivity contribution in [1.29, 1.82) is 0 Å². The van der Waals surface area contributed by atoms with E-state index in [1.165, 1.54) is 37.0 Å². The summed E-state index contributed by atoms with van der Waals surface area (Å²) in [6, 6.07) is 5.26. The summed E-state index contributed by atoms with van der Waals surface area (Å²) >= 11 is 7.24. The van der Waals surface area contributed by atoms with E-state index in [9.17, 15) is 0 Å². The van der Waals surface area contributed by atoms with E-state index in [4.69, 9.17) is 12.2 Å². The second-order valence-electron chi connectivity index (χ2n) is 4.96. The Morgan fingerprint density at radius 1 is 1.50 bits per heavy atom. The molecule has 2 nitrogen and oxygen atoms in total. The molecule has 2 N–H and O–H groups in total. The van der Waals surface area contributed by atoms with E-state index in [0.717, 1.165) is 11.5 Å².